The summed E-state index contributed by atoms with van der Waals surface area (Å²) in [5.74, 6) is 3.12. The van der Waals surface area contributed by atoms with Gasteiger partial charge in [0.15, 0.2) is 0 Å². The summed E-state index contributed by atoms with van der Waals surface area (Å²) in [6.07, 6.45) is 11.1. The summed E-state index contributed by atoms with van der Waals surface area (Å²) in [5, 5.41) is 10.8. The third-order valence-corrected chi connectivity index (χ3v) is 6.50. The summed E-state index contributed by atoms with van der Waals surface area (Å²) < 4.78 is 6.43. The van der Waals surface area contributed by atoms with Gasteiger partial charge in [-0.3, -0.25) is 0 Å². The molecule has 0 aromatic heterocycles. The third kappa shape index (κ3) is 3.99. The monoisotopic (exact) mass is 344 g/mol. The van der Waals surface area contributed by atoms with Crippen molar-refractivity contribution in [2.45, 2.75) is 97.0 Å². The maximum atomic E-state index is 10.8. The molecule has 2 nitrogen and oxygen atoms in total. The van der Waals surface area contributed by atoms with E-state index in [1.54, 1.807) is 0 Å². The topological polar surface area (TPSA) is 29.5 Å². The molecule has 0 saturated heterocycles. The second-order valence-electron chi connectivity index (χ2n) is 9.03. The molecule has 1 N–H and O–H groups in total. The second kappa shape index (κ2) is 7.60. The van der Waals surface area contributed by atoms with E-state index in [9.17, 15) is 5.11 Å². The largest absolute Gasteiger partial charge is 0.508 e. The minimum absolute atomic E-state index is 0.135. The zero-order chi connectivity index (χ0) is 18.0. The van der Waals surface area contributed by atoms with E-state index in [1.807, 2.05) is 6.07 Å². The lowest BCUT2D eigenvalue weighted by atomic mass is 9.64. The molecule has 0 unspecified atom stereocenters. The van der Waals surface area contributed by atoms with Crippen molar-refractivity contribution in [1.29, 1.82) is 0 Å². The molecule has 1 aliphatic carbocycles. The highest BCUT2D eigenvalue weighted by atomic mass is 16.5. The van der Waals surface area contributed by atoms with Gasteiger partial charge >= 0.3 is 0 Å². The van der Waals surface area contributed by atoms with Crippen molar-refractivity contribution >= 4 is 0 Å². The van der Waals surface area contributed by atoms with Crippen LogP contribution in [0.5, 0.6) is 11.5 Å². The van der Waals surface area contributed by atoms with E-state index in [0.717, 1.165) is 23.7 Å². The lowest BCUT2D eigenvalue weighted by Gasteiger charge is -2.48. The summed E-state index contributed by atoms with van der Waals surface area (Å²) in [6.45, 7) is 9.07. The Morgan fingerprint density at radius 1 is 1.12 bits per heavy atom. The van der Waals surface area contributed by atoms with Crippen LogP contribution in [-0.2, 0) is 6.42 Å². The minimum Gasteiger partial charge on any atom is -0.508 e. The molecule has 25 heavy (non-hydrogen) atoms. The van der Waals surface area contributed by atoms with E-state index in [-0.39, 0.29) is 5.60 Å². The molecular formula is C23H36O2. The number of benzene rings is 1. The number of fused-ring (bicyclic) bond motifs is 3. The van der Waals surface area contributed by atoms with Crippen molar-refractivity contribution in [3.8, 4) is 11.5 Å². The van der Waals surface area contributed by atoms with Gasteiger partial charge in [0.1, 0.15) is 17.1 Å². The lowest BCUT2D eigenvalue weighted by molar-refractivity contribution is -0.0145. The SMILES string of the molecule is CCCCCCCc1cc(O)c2c(c1)OC(C)(C)[C@@H]1CC[C@H](C)C[C@@H]21. The van der Waals surface area contributed by atoms with Crippen LogP contribution in [0.15, 0.2) is 12.1 Å². The fourth-order valence-corrected chi connectivity index (χ4v) is 5.09. The normalized spacial score (nSPS) is 27.3. The van der Waals surface area contributed by atoms with Gasteiger partial charge < -0.3 is 9.84 Å². The zero-order valence-corrected chi connectivity index (χ0v) is 16.6. The van der Waals surface area contributed by atoms with Gasteiger partial charge in [0.2, 0.25) is 0 Å². The molecule has 1 heterocycles. The third-order valence-electron chi connectivity index (χ3n) is 6.50. The molecule has 3 atom stereocenters. The summed E-state index contributed by atoms with van der Waals surface area (Å²) in [5.41, 5.74) is 2.18. The fraction of sp³-hybridized carbons (Fsp3) is 0.739. The molecule has 1 saturated carbocycles. The van der Waals surface area contributed by atoms with E-state index < -0.39 is 0 Å². The Kier molecular flexibility index (Phi) is 5.65. The Hall–Kier alpha value is -1.18. The smallest absolute Gasteiger partial charge is 0.127 e. The molecule has 140 valence electrons. The van der Waals surface area contributed by atoms with Crippen LogP contribution < -0.4 is 4.74 Å². The molecule has 0 amide bonds. The maximum absolute atomic E-state index is 10.8. The first kappa shape index (κ1) is 18.6. The molecule has 0 spiro atoms. The van der Waals surface area contributed by atoms with Crippen LogP contribution >= 0.6 is 0 Å². The summed E-state index contributed by atoms with van der Waals surface area (Å²) in [7, 11) is 0. The number of phenols is 1. The van der Waals surface area contributed by atoms with Gasteiger partial charge in [-0.05, 0) is 69.1 Å². The number of hydrogen-bond acceptors (Lipinski definition) is 2. The fourth-order valence-electron chi connectivity index (χ4n) is 5.09. The highest BCUT2D eigenvalue weighted by Gasteiger charge is 2.47. The molecule has 1 aromatic carbocycles. The first-order valence-corrected chi connectivity index (χ1v) is 10.5. The first-order chi connectivity index (χ1) is 11.9. The predicted molar refractivity (Wildman–Crippen MR) is 105 cm³/mol. The van der Waals surface area contributed by atoms with E-state index in [1.165, 1.54) is 56.9 Å². The molecular weight excluding hydrogens is 308 g/mol. The van der Waals surface area contributed by atoms with Crippen LogP contribution in [0.1, 0.15) is 96.1 Å². The standard InChI is InChI=1S/C23H36O2/c1-5-6-7-8-9-10-17-14-20(24)22-18-13-16(2)11-12-19(18)23(3,4)25-21(22)15-17/h14-16,18-19,24H,5-13H2,1-4H3/t16-,18+,19+/m0/s1. The lowest BCUT2D eigenvalue weighted by Crippen LogP contribution is -2.46. The summed E-state index contributed by atoms with van der Waals surface area (Å²) in [4.78, 5) is 0. The average Bonchev–Trinajstić information content (AvgIpc) is 2.53. The number of hydrogen-bond donors (Lipinski definition) is 1. The van der Waals surface area contributed by atoms with Crippen molar-refractivity contribution < 1.29 is 9.84 Å². The number of unbranched alkanes of at least 4 members (excludes halogenated alkanes) is 4. The number of phenolic OH excluding ortho intramolecular Hbond substituents is 1. The van der Waals surface area contributed by atoms with Gasteiger partial charge in [-0.25, -0.2) is 0 Å². The first-order valence-electron chi connectivity index (χ1n) is 10.5. The molecule has 1 aromatic rings. The highest BCUT2D eigenvalue weighted by molar-refractivity contribution is 5.52. The van der Waals surface area contributed by atoms with Crippen LogP contribution in [0.25, 0.3) is 0 Å². The molecule has 0 radical (unpaired) electrons. The van der Waals surface area contributed by atoms with Gasteiger partial charge in [0.25, 0.3) is 0 Å². The van der Waals surface area contributed by atoms with Gasteiger partial charge in [-0.1, -0.05) is 46.0 Å². The summed E-state index contributed by atoms with van der Waals surface area (Å²) >= 11 is 0. The van der Waals surface area contributed by atoms with Gasteiger partial charge in [0.05, 0.1) is 0 Å². The van der Waals surface area contributed by atoms with E-state index >= 15 is 0 Å². The Balaban J connectivity index is 1.80. The van der Waals surface area contributed by atoms with Crippen LogP contribution in [-0.4, -0.2) is 10.7 Å². The summed E-state index contributed by atoms with van der Waals surface area (Å²) in [6, 6.07) is 4.22. The van der Waals surface area contributed by atoms with Crippen molar-refractivity contribution in [1.82, 2.24) is 0 Å². The Morgan fingerprint density at radius 3 is 2.64 bits per heavy atom. The molecule has 3 rings (SSSR count). The molecule has 1 fully saturated rings. The van der Waals surface area contributed by atoms with Crippen molar-refractivity contribution in [2.75, 3.05) is 0 Å². The van der Waals surface area contributed by atoms with Crippen molar-refractivity contribution in [3.05, 3.63) is 23.3 Å². The maximum Gasteiger partial charge on any atom is 0.127 e. The Morgan fingerprint density at radius 2 is 1.88 bits per heavy atom. The molecule has 0 bridgehead atoms. The van der Waals surface area contributed by atoms with Crippen LogP contribution in [0, 0.1) is 11.8 Å². The zero-order valence-electron chi connectivity index (χ0n) is 16.6. The highest BCUT2D eigenvalue weighted by Crippen LogP contribution is 2.55. The van der Waals surface area contributed by atoms with Gasteiger partial charge in [0, 0.05) is 11.5 Å². The van der Waals surface area contributed by atoms with Gasteiger partial charge in [-0.2, -0.15) is 0 Å². The van der Waals surface area contributed by atoms with E-state index in [4.69, 9.17) is 4.74 Å². The van der Waals surface area contributed by atoms with Crippen LogP contribution in [0.4, 0.5) is 0 Å². The Bertz CT molecular complexity index is 590. The van der Waals surface area contributed by atoms with E-state index in [2.05, 4.69) is 33.8 Å². The molecule has 2 heteroatoms. The quantitative estimate of drug-likeness (QED) is 0.589. The van der Waals surface area contributed by atoms with Crippen molar-refractivity contribution in [2.24, 2.45) is 11.8 Å². The van der Waals surface area contributed by atoms with Crippen LogP contribution in [0.3, 0.4) is 0 Å². The number of ether oxygens (including phenoxy) is 1. The minimum atomic E-state index is -0.135. The Labute approximate surface area is 154 Å². The second-order valence-corrected chi connectivity index (χ2v) is 9.03. The number of rotatable bonds is 6. The molecule has 2 aliphatic rings. The van der Waals surface area contributed by atoms with Crippen molar-refractivity contribution in [3.63, 3.8) is 0 Å². The number of aryl methyl sites for hydroxylation is 1. The number of aromatic hydroxyl groups is 1. The average molecular weight is 345 g/mol. The van der Waals surface area contributed by atoms with Crippen LogP contribution in [0.2, 0.25) is 0 Å². The van der Waals surface area contributed by atoms with Gasteiger partial charge in [-0.15, -0.1) is 0 Å². The molecule has 1 aliphatic heterocycles. The van der Waals surface area contributed by atoms with E-state index in [0.29, 0.717) is 17.6 Å². The predicted octanol–water partition coefficient (Wildman–Crippen LogP) is 6.60.